The molecule has 4 N–H and O–H groups in total. The SMILES string of the molecule is CC(=O)C1CCC2C3CC=C4CC(OC5OC(COS(=O)(=O)O)C(O)C(O)C5O)CCC4(C)C3CCC12C. The predicted octanol–water partition coefficient (Wildman–Crippen LogP) is 2.17. The molecule has 10 nitrogen and oxygen atoms in total. The molecule has 1 heterocycles. The van der Waals surface area contributed by atoms with Crippen molar-refractivity contribution >= 4 is 16.2 Å². The summed E-state index contributed by atoms with van der Waals surface area (Å²) >= 11 is 0. The number of aliphatic hydroxyl groups excluding tert-OH is 3. The van der Waals surface area contributed by atoms with Crippen LogP contribution in [0.5, 0.6) is 0 Å². The van der Waals surface area contributed by atoms with E-state index in [0.29, 0.717) is 30.0 Å². The first kappa shape index (κ1) is 28.6. The van der Waals surface area contributed by atoms with Crippen LogP contribution in [0.1, 0.15) is 72.1 Å². The highest BCUT2D eigenvalue weighted by molar-refractivity contribution is 7.80. The van der Waals surface area contributed by atoms with Crippen molar-refractivity contribution in [1.29, 1.82) is 0 Å². The lowest BCUT2D eigenvalue weighted by molar-refractivity contribution is -0.312. The van der Waals surface area contributed by atoms with E-state index in [0.717, 1.165) is 44.9 Å². The summed E-state index contributed by atoms with van der Waals surface area (Å²) in [6.07, 6.45) is 2.33. The van der Waals surface area contributed by atoms with Gasteiger partial charge in [-0.15, -0.1) is 0 Å². The van der Waals surface area contributed by atoms with Crippen LogP contribution in [-0.4, -0.2) is 77.5 Å². The number of allylic oxidation sites excluding steroid dienone is 1. The molecular formula is C27H42O10S. The molecule has 0 aromatic rings. The average molecular weight is 559 g/mol. The van der Waals surface area contributed by atoms with E-state index in [1.807, 2.05) is 0 Å². The largest absolute Gasteiger partial charge is 0.397 e. The Morgan fingerprint density at radius 1 is 1.05 bits per heavy atom. The van der Waals surface area contributed by atoms with Gasteiger partial charge in [0.25, 0.3) is 0 Å². The molecule has 4 aliphatic carbocycles. The summed E-state index contributed by atoms with van der Waals surface area (Å²) < 4.78 is 46.7. The second kappa shape index (κ2) is 10.2. The molecule has 5 aliphatic rings. The van der Waals surface area contributed by atoms with Crippen LogP contribution >= 0.6 is 0 Å². The molecule has 1 aliphatic heterocycles. The summed E-state index contributed by atoms with van der Waals surface area (Å²) in [7, 11) is -4.77. The maximum Gasteiger partial charge on any atom is 0.397 e. The van der Waals surface area contributed by atoms with Crippen molar-refractivity contribution in [3.05, 3.63) is 11.6 Å². The average Bonchev–Trinajstić information content (AvgIpc) is 3.20. The van der Waals surface area contributed by atoms with E-state index in [1.165, 1.54) is 5.57 Å². The fraction of sp³-hybridized carbons (Fsp3) is 0.889. The fourth-order valence-electron chi connectivity index (χ4n) is 8.92. The van der Waals surface area contributed by atoms with Gasteiger partial charge in [0.2, 0.25) is 0 Å². The van der Waals surface area contributed by atoms with E-state index < -0.39 is 47.7 Å². The Morgan fingerprint density at radius 3 is 2.47 bits per heavy atom. The van der Waals surface area contributed by atoms with Crippen molar-refractivity contribution in [3.8, 4) is 0 Å². The van der Waals surface area contributed by atoms with Crippen LogP contribution in [0.2, 0.25) is 0 Å². The van der Waals surface area contributed by atoms with Gasteiger partial charge >= 0.3 is 10.4 Å². The Morgan fingerprint density at radius 2 is 1.79 bits per heavy atom. The van der Waals surface area contributed by atoms with Crippen molar-refractivity contribution < 1.29 is 46.7 Å². The van der Waals surface area contributed by atoms with Gasteiger partial charge in [0.05, 0.1) is 12.7 Å². The normalized spacial score (nSPS) is 49.0. The van der Waals surface area contributed by atoms with Crippen molar-refractivity contribution in [2.45, 2.75) is 109 Å². The number of ketones is 1. The summed E-state index contributed by atoms with van der Waals surface area (Å²) in [5.74, 6) is 2.22. The molecule has 0 aromatic carbocycles. The van der Waals surface area contributed by atoms with Gasteiger partial charge in [-0.3, -0.25) is 9.35 Å². The number of carbonyl (C=O) groups excluding carboxylic acids is 1. The molecule has 1 saturated heterocycles. The number of aliphatic hydroxyl groups is 3. The maximum atomic E-state index is 12.4. The first-order chi connectivity index (χ1) is 17.7. The summed E-state index contributed by atoms with van der Waals surface area (Å²) in [6, 6.07) is 0. The fourth-order valence-corrected chi connectivity index (χ4v) is 9.23. The van der Waals surface area contributed by atoms with Gasteiger partial charge < -0.3 is 24.8 Å². The molecule has 0 spiro atoms. The molecule has 0 bridgehead atoms. The highest BCUT2D eigenvalue weighted by Crippen LogP contribution is 2.66. The highest BCUT2D eigenvalue weighted by atomic mass is 32.3. The third-order valence-electron chi connectivity index (χ3n) is 10.9. The number of hydrogen-bond donors (Lipinski definition) is 4. The Kier molecular flexibility index (Phi) is 7.65. The molecule has 12 unspecified atom stereocenters. The highest BCUT2D eigenvalue weighted by Gasteiger charge is 2.59. The third-order valence-corrected chi connectivity index (χ3v) is 11.4. The van der Waals surface area contributed by atoms with E-state index in [-0.39, 0.29) is 22.9 Å². The smallest absolute Gasteiger partial charge is 0.387 e. The molecule has 11 heteroatoms. The van der Waals surface area contributed by atoms with Crippen LogP contribution in [0.3, 0.4) is 0 Å². The van der Waals surface area contributed by atoms with Gasteiger partial charge in [-0.1, -0.05) is 25.5 Å². The van der Waals surface area contributed by atoms with Crippen molar-refractivity contribution in [2.24, 2.45) is 34.5 Å². The lowest BCUT2D eigenvalue weighted by atomic mass is 9.47. The number of Topliss-reactive ketones (excluding diaryl/α,β-unsaturated/α-hetero) is 1. The molecule has 38 heavy (non-hydrogen) atoms. The van der Waals surface area contributed by atoms with Crippen LogP contribution < -0.4 is 0 Å². The van der Waals surface area contributed by atoms with Crippen LogP contribution in [0, 0.1) is 34.5 Å². The van der Waals surface area contributed by atoms with E-state index in [4.69, 9.17) is 14.0 Å². The molecule has 3 saturated carbocycles. The molecule has 216 valence electrons. The first-order valence-corrected chi connectivity index (χ1v) is 15.3. The number of rotatable bonds is 6. The molecule has 4 fully saturated rings. The van der Waals surface area contributed by atoms with E-state index >= 15 is 0 Å². The zero-order chi connectivity index (χ0) is 27.6. The minimum atomic E-state index is -4.77. The van der Waals surface area contributed by atoms with Crippen molar-refractivity contribution in [2.75, 3.05) is 6.61 Å². The number of hydrogen-bond acceptors (Lipinski definition) is 9. The molecule has 12 atom stereocenters. The van der Waals surface area contributed by atoms with Gasteiger partial charge in [-0.2, -0.15) is 8.42 Å². The summed E-state index contributed by atoms with van der Waals surface area (Å²) in [5.41, 5.74) is 1.49. The van der Waals surface area contributed by atoms with Crippen LogP contribution in [0.25, 0.3) is 0 Å². The molecule has 5 rings (SSSR count). The van der Waals surface area contributed by atoms with E-state index in [9.17, 15) is 28.5 Å². The number of carbonyl (C=O) groups is 1. The second-order valence-electron chi connectivity index (χ2n) is 12.8. The standard InChI is InChI=1S/C27H42O10S/c1-14(28)18-6-7-19-17-5-4-15-12-16(8-10-26(15,2)20(17)9-11-27(18,19)3)36-25-24(31)23(30)22(29)21(37-25)13-35-38(32,33)34/h4,16-25,29-31H,5-13H2,1-3H3,(H,32,33,34). The monoisotopic (exact) mass is 558 g/mol. The van der Waals surface area contributed by atoms with Gasteiger partial charge in [0.15, 0.2) is 6.29 Å². The zero-order valence-corrected chi connectivity index (χ0v) is 23.2. The van der Waals surface area contributed by atoms with E-state index in [2.05, 4.69) is 24.1 Å². The van der Waals surface area contributed by atoms with Crippen molar-refractivity contribution in [3.63, 3.8) is 0 Å². The van der Waals surface area contributed by atoms with Gasteiger partial charge in [-0.05, 0) is 86.9 Å². The molecule has 0 aromatic heterocycles. The molecule has 0 radical (unpaired) electrons. The summed E-state index contributed by atoms with van der Waals surface area (Å²) in [5, 5.41) is 31.0. The Bertz CT molecular complexity index is 1060. The topological polar surface area (TPSA) is 160 Å². The van der Waals surface area contributed by atoms with E-state index in [1.54, 1.807) is 6.92 Å². The number of ether oxygens (including phenoxy) is 2. The Balaban J connectivity index is 1.27. The quantitative estimate of drug-likeness (QED) is 0.281. The van der Waals surface area contributed by atoms with Gasteiger partial charge in [0, 0.05) is 5.92 Å². The minimum absolute atomic E-state index is 0.0476. The zero-order valence-electron chi connectivity index (χ0n) is 22.4. The Hall–Kier alpha value is -0.920. The molecular weight excluding hydrogens is 516 g/mol. The minimum Gasteiger partial charge on any atom is -0.387 e. The maximum absolute atomic E-state index is 12.4. The molecule has 0 amide bonds. The van der Waals surface area contributed by atoms with Crippen LogP contribution in [0.15, 0.2) is 11.6 Å². The second-order valence-corrected chi connectivity index (χ2v) is 13.9. The lowest BCUT2D eigenvalue weighted by Gasteiger charge is -2.58. The summed E-state index contributed by atoms with van der Waals surface area (Å²) in [4.78, 5) is 12.4. The number of fused-ring (bicyclic) bond motifs is 5. The predicted molar refractivity (Wildman–Crippen MR) is 135 cm³/mol. The van der Waals surface area contributed by atoms with Gasteiger partial charge in [0.1, 0.15) is 30.2 Å². The first-order valence-electron chi connectivity index (χ1n) is 13.9. The van der Waals surface area contributed by atoms with Crippen LogP contribution in [0.4, 0.5) is 0 Å². The Labute approximate surface area is 224 Å². The van der Waals surface area contributed by atoms with Crippen molar-refractivity contribution in [1.82, 2.24) is 0 Å². The third kappa shape index (κ3) is 4.91. The summed E-state index contributed by atoms with van der Waals surface area (Å²) in [6.45, 7) is 5.72. The van der Waals surface area contributed by atoms with Gasteiger partial charge in [-0.25, -0.2) is 4.18 Å². The lowest BCUT2D eigenvalue weighted by Crippen LogP contribution is -2.60. The van der Waals surface area contributed by atoms with Crippen LogP contribution in [-0.2, 0) is 28.9 Å².